The van der Waals surface area contributed by atoms with E-state index in [0.29, 0.717) is 27.6 Å². The maximum atomic E-state index is 12.4. The van der Waals surface area contributed by atoms with Crippen molar-refractivity contribution in [2.24, 2.45) is 0 Å². The van der Waals surface area contributed by atoms with Gasteiger partial charge in [0.2, 0.25) is 0 Å². The number of nitrogens with one attached hydrogen (secondary N) is 2. The van der Waals surface area contributed by atoms with Crippen LogP contribution >= 0.6 is 11.6 Å². The third kappa shape index (κ3) is 4.83. The van der Waals surface area contributed by atoms with Crippen LogP contribution in [0.5, 0.6) is 0 Å². The Bertz CT molecular complexity index is 974. The Morgan fingerprint density at radius 1 is 0.963 bits per heavy atom. The van der Waals surface area contributed by atoms with Crippen molar-refractivity contribution in [1.29, 1.82) is 0 Å². The van der Waals surface area contributed by atoms with E-state index in [1.165, 1.54) is 13.3 Å². The van der Waals surface area contributed by atoms with Crippen molar-refractivity contribution in [3.05, 3.63) is 83.1 Å². The zero-order valence-corrected chi connectivity index (χ0v) is 15.2. The van der Waals surface area contributed by atoms with E-state index in [0.717, 1.165) is 0 Å². The maximum absolute atomic E-state index is 12.4. The number of halogens is 1. The molecule has 3 rings (SSSR count). The van der Waals surface area contributed by atoms with Crippen LogP contribution in [-0.4, -0.2) is 24.0 Å². The minimum absolute atomic E-state index is 0.249. The van der Waals surface area contributed by atoms with E-state index in [1.54, 1.807) is 60.7 Å². The van der Waals surface area contributed by atoms with Gasteiger partial charge in [-0.25, -0.2) is 4.79 Å². The van der Waals surface area contributed by atoms with Gasteiger partial charge in [-0.3, -0.25) is 9.78 Å². The second-order valence-corrected chi connectivity index (χ2v) is 6.02. The molecule has 2 N–H and O–H groups in total. The molecule has 7 heteroatoms. The number of anilines is 3. The smallest absolute Gasteiger partial charge is 0.337 e. The predicted molar refractivity (Wildman–Crippen MR) is 105 cm³/mol. The average molecular weight is 382 g/mol. The van der Waals surface area contributed by atoms with Crippen LogP contribution in [0.25, 0.3) is 0 Å². The maximum Gasteiger partial charge on any atom is 0.337 e. The van der Waals surface area contributed by atoms with Crippen molar-refractivity contribution in [3.63, 3.8) is 0 Å². The minimum Gasteiger partial charge on any atom is -0.465 e. The first-order valence-electron chi connectivity index (χ1n) is 8.03. The summed E-state index contributed by atoms with van der Waals surface area (Å²) in [6.45, 7) is 0. The molecule has 0 bridgehead atoms. The van der Waals surface area contributed by atoms with Crippen LogP contribution in [0.15, 0.2) is 66.9 Å². The zero-order valence-electron chi connectivity index (χ0n) is 14.4. The standard InChI is InChI=1S/C20H16ClN3O3/c1-27-20(26)13-3-2-4-16(11-13)23-17-9-10-22-18(12-17)19(25)24-15-7-5-14(21)6-8-15/h2-12H,1H3,(H,22,23)(H,24,25). The van der Waals surface area contributed by atoms with Gasteiger partial charge in [-0.1, -0.05) is 17.7 Å². The highest BCUT2D eigenvalue weighted by molar-refractivity contribution is 6.30. The summed E-state index contributed by atoms with van der Waals surface area (Å²) in [5.41, 5.74) is 2.65. The summed E-state index contributed by atoms with van der Waals surface area (Å²) < 4.78 is 4.72. The fourth-order valence-electron chi connectivity index (χ4n) is 2.37. The second kappa shape index (κ2) is 8.33. The summed E-state index contributed by atoms with van der Waals surface area (Å²) in [7, 11) is 1.33. The molecule has 0 unspecified atom stereocenters. The Morgan fingerprint density at radius 3 is 2.44 bits per heavy atom. The van der Waals surface area contributed by atoms with Gasteiger partial charge < -0.3 is 15.4 Å². The van der Waals surface area contributed by atoms with Gasteiger partial charge in [0.1, 0.15) is 5.69 Å². The molecule has 0 radical (unpaired) electrons. The van der Waals surface area contributed by atoms with Gasteiger partial charge >= 0.3 is 5.97 Å². The van der Waals surface area contributed by atoms with Gasteiger partial charge in [-0.2, -0.15) is 0 Å². The fraction of sp³-hybridized carbons (Fsp3) is 0.0500. The fourth-order valence-corrected chi connectivity index (χ4v) is 2.50. The molecular formula is C20H16ClN3O3. The number of carbonyl (C=O) groups is 2. The molecule has 1 amide bonds. The Balaban J connectivity index is 1.74. The van der Waals surface area contributed by atoms with Crippen molar-refractivity contribution < 1.29 is 14.3 Å². The largest absolute Gasteiger partial charge is 0.465 e. The van der Waals surface area contributed by atoms with Gasteiger partial charge in [0.15, 0.2) is 0 Å². The van der Waals surface area contributed by atoms with Crippen molar-refractivity contribution in [2.75, 3.05) is 17.7 Å². The van der Waals surface area contributed by atoms with Crippen LogP contribution < -0.4 is 10.6 Å². The number of carbonyl (C=O) groups excluding carboxylic acids is 2. The number of pyridine rings is 1. The van der Waals surface area contributed by atoms with E-state index < -0.39 is 5.97 Å². The molecule has 0 fully saturated rings. The molecule has 6 nitrogen and oxygen atoms in total. The molecular weight excluding hydrogens is 366 g/mol. The van der Waals surface area contributed by atoms with Crippen LogP contribution in [0.2, 0.25) is 5.02 Å². The SMILES string of the molecule is COC(=O)c1cccc(Nc2ccnc(C(=O)Nc3ccc(Cl)cc3)c2)c1. The van der Waals surface area contributed by atoms with Crippen LogP contribution in [-0.2, 0) is 4.74 Å². The van der Waals surface area contributed by atoms with E-state index in [1.807, 2.05) is 0 Å². The highest BCUT2D eigenvalue weighted by Gasteiger charge is 2.10. The van der Waals surface area contributed by atoms with Crippen molar-refractivity contribution in [1.82, 2.24) is 4.98 Å². The van der Waals surface area contributed by atoms with Gasteiger partial charge in [-0.15, -0.1) is 0 Å². The Hall–Kier alpha value is -3.38. The Morgan fingerprint density at radius 2 is 1.70 bits per heavy atom. The predicted octanol–water partition coefficient (Wildman–Crippen LogP) is 4.52. The van der Waals surface area contributed by atoms with Crippen molar-refractivity contribution in [2.45, 2.75) is 0 Å². The van der Waals surface area contributed by atoms with E-state index in [2.05, 4.69) is 15.6 Å². The first kappa shape index (κ1) is 18.4. The normalized spacial score (nSPS) is 10.1. The number of benzene rings is 2. The Kier molecular flexibility index (Phi) is 5.68. The number of aromatic nitrogens is 1. The number of ether oxygens (including phenoxy) is 1. The third-order valence-electron chi connectivity index (χ3n) is 3.67. The minimum atomic E-state index is -0.420. The number of rotatable bonds is 5. The quantitative estimate of drug-likeness (QED) is 0.635. The first-order valence-corrected chi connectivity index (χ1v) is 8.41. The zero-order chi connectivity index (χ0) is 19.2. The number of hydrogen-bond donors (Lipinski definition) is 2. The third-order valence-corrected chi connectivity index (χ3v) is 3.92. The van der Waals surface area contributed by atoms with Crippen LogP contribution in [0.4, 0.5) is 17.1 Å². The van der Waals surface area contributed by atoms with Crippen LogP contribution in [0.1, 0.15) is 20.8 Å². The van der Waals surface area contributed by atoms with Gasteiger partial charge in [0.05, 0.1) is 12.7 Å². The van der Waals surface area contributed by atoms with Crippen molar-refractivity contribution >= 4 is 40.5 Å². The highest BCUT2D eigenvalue weighted by atomic mass is 35.5. The summed E-state index contributed by atoms with van der Waals surface area (Å²) in [4.78, 5) is 28.1. The molecule has 136 valence electrons. The number of amides is 1. The molecule has 0 saturated heterocycles. The number of esters is 1. The topological polar surface area (TPSA) is 80.3 Å². The number of hydrogen-bond acceptors (Lipinski definition) is 5. The summed E-state index contributed by atoms with van der Waals surface area (Å²) in [6.07, 6.45) is 1.53. The van der Waals surface area contributed by atoms with Crippen LogP contribution in [0.3, 0.4) is 0 Å². The molecule has 0 aliphatic heterocycles. The summed E-state index contributed by atoms with van der Waals surface area (Å²) in [5, 5.41) is 6.49. The highest BCUT2D eigenvalue weighted by Crippen LogP contribution is 2.19. The monoisotopic (exact) mass is 381 g/mol. The summed E-state index contributed by atoms with van der Waals surface area (Å²) >= 11 is 5.84. The molecule has 0 aliphatic carbocycles. The van der Waals surface area contributed by atoms with Gasteiger partial charge in [-0.05, 0) is 54.6 Å². The van der Waals surface area contributed by atoms with E-state index in [-0.39, 0.29) is 11.6 Å². The number of methoxy groups -OCH3 is 1. The van der Waals surface area contributed by atoms with Gasteiger partial charge in [0.25, 0.3) is 5.91 Å². The lowest BCUT2D eigenvalue weighted by molar-refractivity contribution is 0.0600. The van der Waals surface area contributed by atoms with Crippen molar-refractivity contribution in [3.8, 4) is 0 Å². The first-order chi connectivity index (χ1) is 13.0. The Labute approximate surface area is 161 Å². The lowest BCUT2D eigenvalue weighted by atomic mass is 10.2. The molecule has 0 saturated carbocycles. The number of nitrogens with zero attached hydrogens (tertiary/aromatic N) is 1. The molecule has 2 aromatic carbocycles. The molecule has 27 heavy (non-hydrogen) atoms. The molecule has 1 aromatic heterocycles. The second-order valence-electron chi connectivity index (χ2n) is 5.59. The van der Waals surface area contributed by atoms with E-state index in [9.17, 15) is 9.59 Å². The average Bonchev–Trinajstić information content (AvgIpc) is 2.69. The summed E-state index contributed by atoms with van der Waals surface area (Å²) in [6, 6.07) is 17.0. The van der Waals surface area contributed by atoms with Crippen LogP contribution in [0, 0.1) is 0 Å². The molecule has 3 aromatic rings. The van der Waals surface area contributed by atoms with E-state index in [4.69, 9.17) is 16.3 Å². The van der Waals surface area contributed by atoms with E-state index >= 15 is 0 Å². The molecule has 0 atom stereocenters. The lowest BCUT2D eigenvalue weighted by Crippen LogP contribution is -2.13. The molecule has 0 aliphatic rings. The summed E-state index contributed by atoms with van der Waals surface area (Å²) in [5.74, 6) is -0.763. The lowest BCUT2D eigenvalue weighted by Gasteiger charge is -2.09. The molecule has 0 spiro atoms. The van der Waals surface area contributed by atoms with Gasteiger partial charge in [0, 0.05) is 28.3 Å². The molecule has 1 heterocycles.